The minimum atomic E-state index is -1.71. The van der Waals surface area contributed by atoms with E-state index in [9.17, 15) is 34.2 Å². The molecule has 13 heteroatoms. The smallest absolute Gasteiger partial charge is 0.374 e. The summed E-state index contributed by atoms with van der Waals surface area (Å²) in [4.78, 5) is 63.6. The molecule has 4 unspecified atom stereocenters. The van der Waals surface area contributed by atoms with Gasteiger partial charge in [0.15, 0.2) is 7.28 Å². The van der Waals surface area contributed by atoms with Crippen molar-refractivity contribution in [1.29, 1.82) is 5.41 Å². The summed E-state index contributed by atoms with van der Waals surface area (Å²) in [5.74, 6) is -6.09. The minimum absolute atomic E-state index is 0.0224. The number of carbonyl (C=O) groups is 5. The van der Waals surface area contributed by atoms with Gasteiger partial charge in [-0.3, -0.25) is 19.2 Å². The third-order valence-electron chi connectivity index (χ3n) is 7.63. The van der Waals surface area contributed by atoms with E-state index in [-0.39, 0.29) is 36.8 Å². The molecule has 1 aromatic carbocycles. The number of benzene rings is 1. The molecule has 6 N–H and O–H groups in total. The number of aliphatic carboxylic acids is 1. The summed E-state index contributed by atoms with van der Waals surface area (Å²) in [6.45, 7) is 11.0. The molecule has 0 bridgehead atoms. The second kappa shape index (κ2) is 20.1. The van der Waals surface area contributed by atoms with Crippen LogP contribution in [0.1, 0.15) is 105 Å². The number of carbonyl (C=O) groups excluding carboxylic acids is 4. The Hall–Kier alpha value is -3.25. The van der Waals surface area contributed by atoms with E-state index in [1.807, 2.05) is 13.8 Å². The van der Waals surface area contributed by atoms with Gasteiger partial charge in [0.25, 0.3) is 5.78 Å². The summed E-state index contributed by atoms with van der Waals surface area (Å²) in [7, 11) is 1.12. The van der Waals surface area contributed by atoms with Gasteiger partial charge in [0, 0.05) is 29.6 Å². The zero-order chi connectivity index (χ0) is 35.0. The molecule has 3 amide bonds. The third kappa shape index (κ3) is 14.0. The van der Waals surface area contributed by atoms with Crippen molar-refractivity contribution in [3.05, 3.63) is 34.9 Å². The fraction of sp³-hybridized carbons (Fsp3) is 0.636. The van der Waals surface area contributed by atoms with Crippen LogP contribution in [0.4, 0.5) is 0 Å². The number of Topliss-reactive ketones (excluding diaryl/α,β-unsaturated/α-hetero) is 1. The molecule has 1 aromatic rings. The summed E-state index contributed by atoms with van der Waals surface area (Å²) >= 11 is 6.02. The van der Waals surface area contributed by atoms with Crippen molar-refractivity contribution in [3.63, 3.8) is 0 Å². The number of rotatable bonds is 16. The lowest BCUT2D eigenvalue weighted by Gasteiger charge is -2.33. The molecular weight excluding hydrogens is 611 g/mol. The van der Waals surface area contributed by atoms with Crippen LogP contribution in [0.5, 0.6) is 0 Å². The van der Waals surface area contributed by atoms with Crippen molar-refractivity contribution in [2.75, 3.05) is 0 Å². The van der Waals surface area contributed by atoms with Crippen LogP contribution in [0.15, 0.2) is 24.3 Å². The maximum absolute atomic E-state index is 13.6. The van der Waals surface area contributed by atoms with E-state index in [1.165, 1.54) is 0 Å². The number of ketones is 1. The SMILES string of the molecule is CC.CCCC(NC(=O)C([B]C(O)CC(=N)c1cccc(Cl)c1)NC(=O)C(NC(=O)CC1CCCCC1)C(C)(C)C)C(=O)C(=O)O. The highest BCUT2D eigenvalue weighted by Crippen LogP contribution is 2.27. The van der Waals surface area contributed by atoms with Gasteiger partial charge in [0.1, 0.15) is 6.04 Å². The number of carboxylic acids is 1. The predicted molar refractivity (Wildman–Crippen MR) is 180 cm³/mol. The van der Waals surface area contributed by atoms with Crippen LogP contribution in [0, 0.1) is 16.7 Å². The molecule has 46 heavy (non-hydrogen) atoms. The van der Waals surface area contributed by atoms with Gasteiger partial charge in [-0.25, -0.2) is 4.79 Å². The molecule has 255 valence electrons. The van der Waals surface area contributed by atoms with Gasteiger partial charge in [-0.2, -0.15) is 0 Å². The van der Waals surface area contributed by atoms with Gasteiger partial charge in [-0.05, 0) is 48.3 Å². The van der Waals surface area contributed by atoms with E-state index >= 15 is 0 Å². The molecule has 1 aliphatic rings. The highest BCUT2D eigenvalue weighted by atomic mass is 35.5. The van der Waals surface area contributed by atoms with Gasteiger partial charge < -0.3 is 31.6 Å². The number of nitrogens with one attached hydrogen (secondary N) is 4. The summed E-state index contributed by atoms with van der Waals surface area (Å²) in [6, 6.07) is 2.70. The Kier molecular flexibility index (Phi) is 17.8. The predicted octanol–water partition coefficient (Wildman–Crippen LogP) is 4.03. The van der Waals surface area contributed by atoms with Crippen molar-refractivity contribution in [1.82, 2.24) is 16.0 Å². The Morgan fingerprint density at radius 3 is 2.20 bits per heavy atom. The van der Waals surface area contributed by atoms with Crippen LogP contribution < -0.4 is 16.0 Å². The first-order valence-corrected chi connectivity index (χ1v) is 16.5. The van der Waals surface area contributed by atoms with Gasteiger partial charge in [0.2, 0.25) is 17.7 Å². The summed E-state index contributed by atoms with van der Waals surface area (Å²) in [5, 5.41) is 36.6. The molecule has 0 spiro atoms. The van der Waals surface area contributed by atoms with E-state index < -0.39 is 53.0 Å². The second-order valence-corrected chi connectivity index (χ2v) is 13.0. The van der Waals surface area contributed by atoms with Crippen LogP contribution >= 0.6 is 11.6 Å². The fourth-order valence-corrected chi connectivity index (χ4v) is 5.44. The van der Waals surface area contributed by atoms with Gasteiger partial charge in [-0.15, -0.1) is 0 Å². The lowest BCUT2D eigenvalue weighted by atomic mass is 9.61. The van der Waals surface area contributed by atoms with Gasteiger partial charge in [0.05, 0.1) is 12.0 Å². The number of aliphatic hydroxyl groups is 1. The normalized spacial score (nSPS) is 15.9. The topological polar surface area (TPSA) is 186 Å². The monoisotopic (exact) mass is 661 g/mol. The molecule has 2 rings (SSSR count). The zero-order valence-electron chi connectivity index (χ0n) is 28.0. The fourth-order valence-electron chi connectivity index (χ4n) is 5.25. The van der Waals surface area contributed by atoms with Crippen molar-refractivity contribution in [2.45, 2.75) is 123 Å². The molecule has 1 saturated carbocycles. The van der Waals surface area contributed by atoms with E-state index in [4.69, 9.17) is 17.0 Å². The Morgan fingerprint density at radius 2 is 1.65 bits per heavy atom. The molecule has 1 fully saturated rings. The van der Waals surface area contributed by atoms with Gasteiger partial charge in [-0.1, -0.05) is 91.0 Å². The number of hydrogen-bond acceptors (Lipinski definition) is 7. The van der Waals surface area contributed by atoms with E-state index in [0.717, 1.165) is 39.4 Å². The molecule has 1 aliphatic carbocycles. The molecule has 0 aliphatic heterocycles. The second-order valence-electron chi connectivity index (χ2n) is 12.5. The standard InChI is InChI=1S/C31H45BClN4O7.C2H6/c1-5-10-22(25(40)30(43)44)35-29(42)27(32-23(38)17-21(34)19-13-9-14-20(33)16-19)37-28(41)26(31(2,3)4)36-24(39)15-18-11-7-6-8-12-18;1-2/h9,13-14,16,18,22-23,26-27,34,38H,5-8,10-12,15,17H2,1-4H3,(H,35,42)(H,36,39)(H,37,41)(H,43,44);1-2H3. The quantitative estimate of drug-likeness (QED) is 0.0877. The van der Waals surface area contributed by atoms with E-state index in [0.29, 0.717) is 17.0 Å². The number of carboxylic acid groups (broad SMARTS) is 1. The van der Waals surface area contributed by atoms with E-state index in [1.54, 1.807) is 52.0 Å². The molecule has 4 atom stereocenters. The van der Waals surface area contributed by atoms with Crippen LogP contribution in [-0.4, -0.2) is 76.7 Å². The Labute approximate surface area is 278 Å². The van der Waals surface area contributed by atoms with Crippen LogP contribution in [0.2, 0.25) is 5.02 Å². The average molecular weight is 662 g/mol. The van der Waals surface area contributed by atoms with Crippen LogP contribution in [0.3, 0.4) is 0 Å². The first kappa shape index (κ1) is 40.8. The minimum Gasteiger partial charge on any atom is -0.475 e. The zero-order valence-corrected chi connectivity index (χ0v) is 28.7. The summed E-state index contributed by atoms with van der Waals surface area (Å²) < 4.78 is 0. The van der Waals surface area contributed by atoms with Crippen LogP contribution in [0.25, 0.3) is 0 Å². The highest BCUT2D eigenvalue weighted by molar-refractivity contribution is 6.47. The molecule has 0 aromatic heterocycles. The van der Waals surface area contributed by atoms with E-state index in [2.05, 4.69) is 16.0 Å². The molecular formula is C33H51BClN4O7. The summed E-state index contributed by atoms with van der Waals surface area (Å²) in [5.41, 5.74) is -0.280. The largest absolute Gasteiger partial charge is 0.475 e. The molecule has 0 saturated heterocycles. The first-order chi connectivity index (χ1) is 21.6. The first-order valence-electron chi connectivity index (χ1n) is 16.2. The Balaban J connectivity index is 0.00000518. The van der Waals surface area contributed by atoms with Crippen molar-refractivity contribution in [3.8, 4) is 0 Å². The van der Waals surface area contributed by atoms with Gasteiger partial charge >= 0.3 is 5.97 Å². The maximum atomic E-state index is 13.6. The molecule has 0 heterocycles. The lowest BCUT2D eigenvalue weighted by molar-refractivity contribution is -0.150. The Bertz CT molecular complexity index is 1200. The van der Waals surface area contributed by atoms with Crippen molar-refractivity contribution < 1.29 is 34.2 Å². The average Bonchev–Trinajstić information content (AvgIpc) is 2.99. The van der Waals surface area contributed by atoms with Crippen molar-refractivity contribution in [2.24, 2.45) is 11.3 Å². The molecule has 11 nitrogen and oxygen atoms in total. The number of halogens is 1. The third-order valence-corrected chi connectivity index (χ3v) is 7.87. The summed E-state index contributed by atoms with van der Waals surface area (Å²) in [6.07, 6.45) is 5.67. The maximum Gasteiger partial charge on any atom is 0.374 e. The number of hydrogen-bond donors (Lipinski definition) is 6. The molecule has 1 radical (unpaired) electrons. The number of amides is 3. The van der Waals surface area contributed by atoms with Crippen LogP contribution in [-0.2, 0) is 24.0 Å². The Morgan fingerprint density at radius 1 is 1.02 bits per heavy atom. The lowest BCUT2D eigenvalue weighted by Crippen LogP contribution is -2.61. The highest BCUT2D eigenvalue weighted by Gasteiger charge is 2.37. The van der Waals surface area contributed by atoms with Crippen molar-refractivity contribution >= 4 is 54.1 Å². The number of aliphatic hydroxyl groups excluding tert-OH is 1.